The summed E-state index contributed by atoms with van der Waals surface area (Å²) in [5.74, 6) is 0.175. The number of hydrogen-bond donors (Lipinski definition) is 2. The number of H-pyrrole nitrogens is 1. The molecule has 6 heteroatoms. The molecule has 0 spiro atoms. The lowest BCUT2D eigenvalue weighted by Gasteiger charge is -2.33. The smallest absolute Gasteiger partial charge is 0.269 e. The fourth-order valence-corrected chi connectivity index (χ4v) is 2.55. The van der Waals surface area contributed by atoms with Crippen molar-refractivity contribution >= 4 is 11.9 Å². The van der Waals surface area contributed by atoms with Crippen LogP contribution in [0.5, 0.6) is 0 Å². The lowest BCUT2D eigenvalue weighted by molar-refractivity contribution is -0.125. The van der Waals surface area contributed by atoms with E-state index in [1.807, 2.05) is 19.1 Å². The molecule has 98 valence electrons. The van der Waals surface area contributed by atoms with Crippen LogP contribution >= 0.6 is 0 Å². The van der Waals surface area contributed by atoms with Gasteiger partial charge in [0.25, 0.3) is 5.95 Å². The Labute approximate surface area is 110 Å². The summed E-state index contributed by atoms with van der Waals surface area (Å²) in [7, 11) is 0. The summed E-state index contributed by atoms with van der Waals surface area (Å²) in [6.07, 6.45) is 2.49. The predicted octanol–water partition coefficient (Wildman–Crippen LogP) is 1.33. The fraction of sp³-hybridized carbons (Fsp3) is 0.385. The number of nitrogens with zero attached hydrogens (tertiary/aromatic N) is 3. The number of nitrogens with one attached hydrogen (secondary N) is 2. The van der Waals surface area contributed by atoms with Crippen molar-refractivity contribution in [2.75, 3.05) is 5.32 Å². The standard InChI is InChI=1S/C13H15N5O/c1-13(11(19)14-12-15-17-18-16-12)7-6-9-4-2-3-5-10(9)8-13/h2-5H,6-8H2,1H3,(H2,14,15,16,17,18,19). The number of aromatic nitrogens is 4. The van der Waals surface area contributed by atoms with Crippen LogP contribution < -0.4 is 5.32 Å². The third-order valence-electron chi connectivity index (χ3n) is 3.76. The van der Waals surface area contributed by atoms with E-state index in [0.29, 0.717) is 0 Å². The SMILES string of the molecule is CC1(C(=O)Nc2nn[nH]n2)CCc2ccccc2C1. The highest BCUT2D eigenvalue weighted by Crippen LogP contribution is 2.35. The molecule has 0 bridgehead atoms. The average Bonchev–Trinajstić information content (AvgIpc) is 2.91. The molecule has 6 nitrogen and oxygen atoms in total. The summed E-state index contributed by atoms with van der Waals surface area (Å²) in [6, 6.07) is 8.28. The van der Waals surface area contributed by atoms with Gasteiger partial charge in [0.05, 0.1) is 5.41 Å². The lowest BCUT2D eigenvalue weighted by atomic mass is 9.72. The molecule has 19 heavy (non-hydrogen) atoms. The first-order chi connectivity index (χ1) is 9.17. The average molecular weight is 257 g/mol. The van der Waals surface area contributed by atoms with Crippen molar-refractivity contribution in [1.82, 2.24) is 20.6 Å². The molecule has 0 aliphatic heterocycles. The van der Waals surface area contributed by atoms with Crippen molar-refractivity contribution < 1.29 is 4.79 Å². The van der Waals surface area contributed by atoms with Gasteiger partial charge in [-0.3, -0.25) is 10.1 Å². The van der Waals surface area contributed by atoms with Crippen LogP contribution in [0, 0.1) is 5.41 Å². The van der Waals surface area contributed by atoms with Gasteiger partial charge in [-0.2, -0.15) is 5.21 Å². The largest absolute Gasteiger partial charge is 0.291 e. The summed E-state index contributed by atoms with van der Waals surface area (Å²) < 4.78 is 0. The number of hydrogen-bond acceptors (Lipinski definition) is 4. The van der Waals surface area contributed by atoms with Crippen LogP contribution in [-0.2, 0) is 17.6 Å². The lowest BCUT2D eigenvalue weighted by Crippen LogP contribution is -2.38. The number of carbonyl (C=O) groups excluding carboxylic acids is 1. The molecule has 0 saturated carbocycles. The molecule has 1 atom stereocenters. The molecule has 1 aliphatic carbocycles. The first kappa shape index (κ1) is 11.8. The number of rotatable bonds is 2. The first-order valence-electron chi connectivity index (χ1n) is 6.29. The van der Waals surface area contributed by atoms with E-state index in [1.165, 1.54) is 11.1 Å². The van der Waals surface area contributed by atoms with Crippen molar-refractivity contribution in [3.63, 3.8) is 0 Å². The molecule has 1 unspecified atom stereocenters. The summed E-state index contributed by atoms with van der Waals surface area (Å²) in [5.41, 5.74) is 2.17. The van der Waals surface area contributed by atoms with E-state index >= 15 is 0 Å². The molecule has 1 aromatic heterocycles. The van der Waals surface area contributed by atoms with E-state index in [4.69, 9.17) is 0 Å². The minimum absolute atomic E-state index is 0.0524. The number of tetrazole rings is 1. The van der Waals surface area contributed by atoms with Gasteiger partial charge < -0.3 is 0 Å². The van der Waals surface area contributed by atoms with Gasteiger partial charge in [0.1, 0.15) is 0 Å². The Bertz CT molecular complexity index is 595. The summed E-state index contributed by atoms with van der Waals surface area (Å²) >= 11 is 0. The second-order valence-electron chi connectivity index (χ2n) is 5.20. The number of aromatic amines is 1. The van der Waals surface area contributed by atoms with Gasteiger partial charge in [-0.25, -0.2) is 0 Å². The van der Waals surface area contributed by atoms with Gasteiger partial charge in [0.15, 0.2) is 0 Å². The molecule has 3 rings (SSSR count). The van der Waals surface area contributed by atoms with Crippen molar-refractivity contribution in [2.24, 2.45) is 5.41 Å². The van der Waals surface area contributed by atoms with Gasteiger partial charge >= 0.3 is 0 Å². The monoisotopic (exact) mass is 257 g/mol. The molecule has 1 aromatic carbocycles. The van der Waals surface area contributed by atoms with Crippen molar-refractivity contribution in [3.05, 3.63) is 35.4 Å². The number of aryl methyl sites for hydroxylation is 1. The Morgan fingerprint density at radius 3 is 2.89 bits per heavy atom. The maximum absolute atomic E-state index is 12.4. The topological polar surface area (TPSA) is 83.6 Å². The Morgan fingerprint density at radius 1 is 1.37 bits per heavy atom. The number of anilines is 1. The highest BCUT2D eigenvalue weighted by atomic mass is 16.2. The minimum Gasteiger partial charge on any atom is -0.291 e. The third-order valence-corrected chi connectivity index (χ3v) is 3.76. The van der Waals surface area contributed by atoms with E-state index in [1.54, 1.807) is 0 Å². The first-order valence-corrected chi connectivity index (χ1v) is 6.29. The molecule has 0 saturated heterocycles. The van der Waals surface area contributed by atoms with Gasteiger partial charge in [-0.1, -0.05) is 36.3 Å². The Balaban J connectivity index is 1.79. The van der Waals surface area contributed by atoms with Crippen LogP contribution in [0.3, 0.4) is 0 Å². The molecular formula is C13H15N5O. The zero-order valence-electron chi connectivity index (χ0n) is 10.7. The van der Waals surface area contributed by atoms with Gasteiger partial charge in [-0.15, -0.1) is 5.10 Å². The van der Waals surface area contributed by atoms with Crippen molar-refractivity contribution in [1.29, 1.82) is 0 Å². The predicted molar refractivity (Wildman–Crippen MR) is 69.4 cm³/mol. The summed E-state index contributed by atoms with van der Waals surface area (Å²) in [6.45, 7) is 1.98. The highest BCUT2D eigenvalue weighted by molar-refractivity contribution is 5.94. The van der Waals surface area contributed by atoms with Crippen molar-refractivity contribution in [3.8, 4) is 0 Å². The molecule has 0 radical (unpaired) electrons. The Kier molecular flexibility index (Phi) is 2.77. The van der Waals surface area contributed by atoms with E-state index in [0.717, 1.165) is 19.3 Å². The minimum atomic E-state index is -0.422. The van der Waals surface area contributed by atoms with Crippen LogP contribution in [0.2, 0.25) is 0 Å². The fourth-order valence-electron chi connectivity index (χ4n) is 2.55. The zero-order valence-corrected chi connectivity index (χ0v) is 10.7. The summed E-state index contributed by atoms with van der Waals surface area (Å²) in [4.78, 5) is 12.4. The van der Waals surface area contributed by atoms with Crippen LogP contribution in [0.25, 0.3) is 0 Å². The van der Waals surface area contributed by atoms with E-state index < -0.39 is 5.41 Å². The number of benzene rings is 1. The maximum atomic E-state index is 12.4. The molecule has 0 fully saturated rings. The van der Waals surface area contributed by atoms with Crippen molar-refractivity contribution in [2.45, 2.75) is 26.2 Å². The van der Waals surface area contributed by atoms with Crippen LogP contribution in [0.1, 0.15) is 24.5 Å². The van der Waals surface area contributed by atoms with Gasteiger partial charge in [-0.05, 0) is 35.6 Å². The number of fused-ring (bicyclic) bond motifs is 1. The summed E-state index contributed by atoms with van der Waals surface area (Å²) in [5, 5.41) is 16.0. The van der Waals surface area contributed by atoms with Crippen LogP contribution in [0.4, 0.5) is 5.95 Å². The molecule has 1 amide bonds. The Morgan fingerprint density at radius 2 is 2.16 bits per heavy atom. The van der Waals surface area contributed by atoms with Gasteiger partial charge in [0.2, 0.25) is 5.91 Å². The Hall–Kier alpha value is -2.24. The van der Waals surface area contributed by atoms with Crippen LogP contribution in [0.15, 0.2) is 24.3 Å². The maximum Gasteiger partial charge on any atom is 0.269 e. The van der Waals surface area contributed by atoms with E-state index in [2.05, 4.69) is 38.1 Å². The third kappa shape index (κ3) is 2.21. The normalized spacial score (nSPS) is 21.7. The molecule has 2 aromatic rings. The van der Waals surface area contributed by atoms with E-state index in [-0.39, 0.29) is 11.9 Å². The molecule has 2 N–H and O–H groups in total. The zero-order chi connectivity index (χ0) is 13.3. The van der Waals surface area contributed by atoms with Crippen LogP contribution in [-0.4, -0.2) is 26.5 Å². The quantitative estimate of drug-likeness (QED) is 0.850. The number of carbonyl (C=O) groups is 1. The van der Waals surface area contributed by atoms with Gasteiger partial charge in [0, 0.05) is 0 Å². The second-order valence-corrected chi connectivity index (χ2v) is 5.20. The number of amides is 1. The molecule has 1 heterocycles. The molecular weight excluding hydrogens is 242 g/mol. The second kappa shape index (κ2) is 4.46. The highest BCUT2D eigenvalue weighted by Gasteiger charge is 2.37. The molecule has 1 aliphatic rings. The van der Waals surface area contributed by atoms with E-state index in [9.17, 15) is 4.79 Å².